The summed E-state index contributed by atoms with van der Waals surface area (Å²) < 4.78 is 11.4. The normalized spacial score (nSPS) is 10.3. The molecule has 0 unspecified atom stereocenters. The van der Waals surface area contributed by atoms with Gasteiger partial charge in [-0.1, -0.05) is 45.2 Å². The highest BCUT2D eigenvalue weighted by Gasteiger charge is 2.13. The third-order valence-electron chi connectivity index (χ3n) is 4.24. The van der Waals surface area contributed by atoms with Crippen molar-refractivity contribution in [2.45, 2.75) is 46.0 Å². The Morgan fingerprint density at radius 2 is 1.59 bits per heavy atom. The molecule has 156 valence electrons. The number of carbonyl (C=O) groups excluding carboxylic acids is 1. The van der Waals surface area contributed by atoms with E-state index < -0.39 is 0 Å². The van der Waals surface area contributed by atoms with Crippen LogP contribution in [0.25, 0.3) is 0 Å². The van der Waals surface area contributed by atoms with Gasteiger partial charge in [0, 0.05) is 5.69 Å². The zero-order valence-electron chi connectivity index (χ0n) is 17.2. The molecule has 2 aromatic carbocycles. The lowest BCUT2D eigenvalue weighted by atomic mass is 10.2. The van der Waals surface area contributed by atoms with Gasteiger partial charge in [-0.05, 0) is 61.5 Å². The van der Waals surface area contributed by atoms with Gasteiger partial charge < -0.3 is 14.8 Å². The second kappa shape index (κ2) is 12.8. The zero-order chi connectivity index (χ0) is 20.9. The van der Waals surface area contributed by atoms with Crippen LogP contribution < -0.4 is 20.1 Å². The number of anilines is 1. The number of thiocarbonyl (C=S) groups is 1. The van der Waals surface area contributed by atoms with E-state index in [9.17, 15) is 4.79 Å². The second-order valence-corrected chi connectivity index (χ2v) is 7.09. The van der Waals surface area contributed by atoms with Crippen LogP contribution in [0.1, 0.15) is 56.3 Å². The Labute approximate surface area is 178 Å². The number of hydrogen-bond acceptors (Lipinski definition) is 4. The van der Waals surface area contributed by atoms with Crippen molar-refractivity contribution in [3.8, 4) is 11.5 Å². The van der Waals surface area contributed by atoms with Gasteiger partial charge in [-0.2, -0.15) is 0 Å². The molecule has 0 radical (unpaired) electrons. The van der Waals surface area contributed by atoms with E-state index in [0.29, 0.717) is 24.5 Å². The third-order valence-corrected chi connectivity index (χ3v) is 4.45. The van der Waals surface area contributed by atoms with Crippen LogP contribution in [0.2, 0.25) is 0 Å². The predicted octanol–water partition coefficient (Wildman–Crippen LogP) is 5.56. The fourth-order valence-electron chi connectivity index (χ4n) is 2.62. The molecule has 0 aromatic heterocycles. The molecule has 0 aliphatic rings. The average Bonchev–Trinajstić information content (AvgIpc) is 2.73. The third kappa shape index (κ3) is 8.11. The SMILES string of the molecule is CCCCCOc1ccccc1C(=O)NC(=S)Nc1ccc(OCCCC)cc1. The molecular formula is C23H30N2O3S. The topological polar surface area (TPSA) is 59.6 Å². The van der Waals surface area contributed by atoms with Gasteiger partial charge in [0.05, 0.1) is 18.8 Å². The van der Waals surface area contributed by atoms with Crippen molar-refractivity contribution in [1.82, 2.24) is 5.32 Å². The highest BCUT2D eigenvalue weighted by Crippen LogP contribution is 2.19. The molecule has 0 saturated heterocycles. The summed E-state index contributed by atoms with van der Waals surface area (Å²) in [7, 11) is 0. The molecule has 0 fully saturated rings. The Bertz CT molecular complexity index is 778. The standard InChI is InChI=1S/C23H30N2O3S/c1-3-5-9-17-28-21-11-8-7-10-20(21)22(26)25-23(29)24-18-12-14-19(15-13-18)27-16-6-4-2/h7-8,10-15H,3-6,9,16-17H2,1-2H3,(H2,24,25,26,29). The second-order valence-electron chi connectivity index (χ2n) is 6.69. The molecule has 5 nitrogen and oxygen atoms in total. The Morgan fingerprint density at radius 3 is 2.31 bits per heavy atom. The van der Waals surface area contributed by atoms with Crippen molar-refractivity contribution in [3.63, 3.8) is 0 Å². The zero-order valence-corrected chi connectivity index (χ0v) is 18.0. The molecule has 0 saturated carbocycles. The van der Waals surface area contributed by atoms with E-state index in [-0.39, 0.29) is 11.0 Å². The smallest absolute Gasteiger partial charge is 0.261 e. The van der Waals surface area contributed by atoms with Gasteiger partial charge in [-0.25, -0.2) is 0 Å². The number of nitrogens with one attached hydrogen (secondary N) is 2. The molecule has 0 bridgehead atoms. The van der Waals surface area contributed by atoms with Gasteiger partial charge in [0.15, 0.2) is 5.11 Å². The van der Waals surface area contributed by atoms with Crippen LogP contribution in [0.3, 0.4) is 0 Å². The number of ether oxygens (including phenoxy) is 2. The molecule has 0 atom stereocenters. The number of amides is 1. The first-order valence-electron chi connectivity index (χ1n) is 10.2. The maximum absolute atomic E-state index is 12.6. The van der Waals surface area contributed by atoms with Crippen LogP contribution in [0.15, 0.2) is 48.5 Å². The van der Waals surface area contributed by atoms with Crippen LogP contribution >= 0.6 is 12.2 Å². The molecule has 6 heteroatoms. The van der Waals surface area contributed by atoms with E-state index in [2.05, 4.69) is 24.5 Å². The van der Waals surface area contributed by atoms with Crippen molar-refractivity contribution in [2.24, 2.45) is 0 Å². The minimum absolute atomic E-state index is 0.232. The largest absolute Gasteiger partial charge is 0.494 e. The van der Waals surface area contributed by atoms with E-state index in [0.717, 1.165) is 43.5 Å². The first-order valence-corrected chi connectivity index (χ1v) is 10.6. The van der Waals surface area contributed by atoms with Crippen molar-refractivity contribution < 1.29 is 14.3 Å². The Balaban J connectivity index is 1.88. The monoisotopic (exact) mass is 414 g/mol. The number of para-hydroxylation sites is 1. The van der Waals surface area contributed by atoms with Crippen LogP contribution in [-0.2, 0) is 0 Å². The van der Waals surface area contributed by atoms with Crippen LogP contribution in [0.4, 0.5) is 5.69 Å². The van der Waals surface area contributed by atoms with Gasteiger partial charge in [-0.15, -0.1) is 0 Å². The number of carbonyl (C=O) groups is 1. The predicted molar refractivity (Wildman–Crippen MR) is 122 cm³/mol. The van der Waals surface area contributed by atoms with Crippen LogP contribution in [-0.4, -0.2) is 24.2 Å². The molecule has 0 aliphatic heterocycles. The van der Waals surface area contributed by atoms with E-state index in [1.165, 1.54) is 0 Å². The average molecular weight is 415 g/mol. The number of hydrogen-bond donors (Lipinski definition) is 2. The van der Waals surface area contributed by atoms with Gasteiger partial charge >= 0.3 is 0 Å². The van der Waals surface area contributed by atoms with Crippen LogP contribution in [0, 0.1) is 0 Å². The van der Waals surface area contributed by atoms with Crippen molar-refractivity contribution in [2.75, 3.05) is 18.5 Å². The molecule has 2 rings (SSSR count). The maximum atomic E-state index is 12.6. The molecule has 0 aliphatic carbocycles. The maximum Gasteiger partial charge on any atom is 0.261 e. The van der Waals surface area contributed by atoms with Crippen molar-refractivity contribution in [1.29, 1.82) is 0 Å². The highest BCUT2D eigenvalue weighted by atomic mass is 32.1. The summed E-state index contributed by atoms with van der Waals surface area (Å²) in [5, 5.41) is 5.96. The lowest BCUT2D eigenvalue weighted by Gasteiger charge is -2.13. The van der Waals surface area contributed by atoms with E-state index in [1.807, 2.05) is 36.4 Å². The summed E-state index contributed by atoms with van der Waals surface area (Å²) in [6.07, 6.45) is 5.31. The summed E-state index contributed by atoms with van der Waals surface area (Å²) >= 11 is 5.28. The Hall–Kier alpha value is -2.60. The highest BCUT2D eigenvalue weighted by molar-refractivity contribution is 7.80. The molecule has 0 spiro atoms. The van der Waals surface area contributed by atoms with E-state index in [1.54, 1.807) is 12.1 Å². The molecule has 0 heterocycles. The van der Waals surface area contributed by atoms with E-state index in [4.69, 9.17) is 21.7 Å². The summed E-state index contributed by atoms with van der Waals surface area (Å²) in [6, 6.07) is 14.7. The number of benzene rings is 2. The number of unbranched alkanes of at least 4 members (excludes halogenated alkanes) is 3. The van der Waals surface area contributed by atoms with Gasteiger partial charge in [-0.3, -0.25) is 10.1 Å². The Kier molecular flexibility index (Phi) is 10.00. The quantitative estimate of drug-likeness (QED) is 0.372. The van der Waals surface area contributed by atoms with Crippen molar-refractivity contribution in [3.05, 3.63) is 54.1 Å². The number of rotatable bonds is 11. The van der Waals surface area contributed by atoms with Crippen molar-refractivity contribution >= 4 is 28.9 Å². The molecule has 1 amide bonds. The Morgan fingerprint density at radius 1 is 0.897 bits per heavy atom. The molecule has 2 N–H and O–H groups in total. The van der Waals surface area contributed by atoms with Crippen LogP contribution in [0.5, 0.6) is 11.5 Å². The summed E-state index contributed by atoms with van der Waals surface area (Å²) in [5.74, 6) is 1.08. The minimum atomic E-state index is -0.298. The lowest BCUT2D eigenvalue weighted by molar-refractivity contribution is 0.0973. The fraction of sp³-hybridized carbons (Fsp3) is 0.391. The fourth-order valence-corrected chi connectivity index (χ4v) is 2.83. The molecule has 2 aromatic rings. The summed E-state index contributed by atoms with van der Waals surface area (Å²) in [5.41, 5.74) is 1.25. The molecule has 29 heavy (non-hydrogen) atoms. The minimum Gasteiger partial charge on any atom is -0.494 e. The molecular weight excluding hydrogens is 384 g/mol. The van der Waals surface area contributed by atoms with E-state index >= 15 is 0 Å². The van der Waals surface area contributed by atoms with Gasteiger partial charge in [0.2, 0.25) is 0 Å². The first-order chi connectivity index (χ1) is 14.1. The summed E-state index contributed by atoms with van der Waals surface area (Å²) in [4.78, 5) is 12.6. The summed E-state index contributed by atoms with van der Waals surface area (Å²) in [6.45, 7) is 5.57. The van der Waals surface area contributed by atoms with Gasteiger partial charge in [0.1, 0.15) is 11.5 Å². The first kappa shape index (κ1) is 22.7. The van der Waals surface area contributed by atoms with Gasteiger partial charge in [0.25, 0.3) is 5.91 Å². The lowest BCUT2D eigenvalue weighted by Crippen LogP contribution is -2.34.